The SMILES string of the molecule is CC(=O)N1CCN(CCNC(=O)CC2c3ccccc3CCN2C(C)=O)CC1. The monoisotopic (exact) mass is 386 g/mol. The van der Waals surface area contributed by atoms with Gasteiger partial charge >= 0.3 is 0 Å². The summed E-state index contributed by atoms with van der Waals surface area (Å²) in [5.41, 5.74) is 2.31. The molecule has 152 valence electrons. The second-order valence-corrected chi connectivity index (χ2v) is 7.58. The summed E-state index contributed by atoms with van der Waals surface area (Å²) in [4.78, 5) is 41.9. The van der Waals surface area contributed by atoms with E-state index in [2.05, 4.69) is 16.3 Å². The Hall–Kier alpha value is -2.41. The first-order chi connectivity index (χ1) is 13.5. The molecule has 0 aliphatic carbocycles. The Labute approximate surface area is 166 Å². The van der Waals surface area contributed by atoms with Crippen LogP contribution < -0.4 is 5.32 Å². The van der Waals surface area contributed by atoms with E-state index in [0.29, 0.717) is 13.1 Å². The number of carbonyl (C=O) groups excluding carboxylic acids is 3. The lowest BCUT2D eigenvalue weighted by atomic mass is 9.90. The topological polar surface area (TPSA) is 73.0 Å². The highest BCUT2D eigenvalue weighted by Crippen LogP contribution is 2.32. The predicted molar refractivity (Wildman–Crippen MR) is 107 cm³/mol. The van der Waals surface area contributed by atoms with Crippen LogP contribution in [0.4, 0.5) is 0 Å². The van der Waals surface area contributed by atoms with Crippen LogP contribution in [-0.4, -0.2) is 78.2 Å². The number of rotatable bonds is 5. The molecule has 3 amide bonds. The Morgan fingerprint density at radius 2 is 1.71 bits per heavy atom. The van der Waals surface area contributed by atoms with Crippen LogP contribution in [0.1, 0.15) is 37.4 Å². The van der Waals surface area contributed by atoms with Crippen molar-refractivity contribution in [3.05, 3.63) is 35.4 Å². The molecule has 2 heterocycles. The van der Waals surface area contributed by atoms with Crippen LogP contribution in [-0.2, 0) is 20.8 Å². The number of hydrogen-bond donors (Lipinski definition) is 1. The van der Waals surface area contributed by atoms with Crippen molar-refractivity contribution >= 4 is 17.7 Å². The number of nitrogens with zero attached hydrogens (tertiary/aromatic N) is 3. The van der Waals surface area contributed by atoms with E-state index in [9.17, 15) is 14.4 Å². The van der Waals surface area contributed by atoms with Crippen LogP contribution in [0.2, 0.25) is 0 Å². The molecule has 2 aliphatic heterocycles. The molecule has 1 aromatic rings. The molecule has 7 heteroatoms. The van der Waals surface area contributed by atoms with E-state index in [-0.39, 0.29) is 30.2 Å². The molecule has 0 bridgehead atoms. The summed E-state index contributed by atoms with van der Waals surface area (Å²) in [6.07, 6.45) is 1.12. The molecule has 1 atom stereocenters. The van der Waals surface area contributed by atoms with Crippen molar-refractivity contribution in [2.75, 3.05) is 45.8 Å². The fourth-order valence-corrected chi connectivity index (χ4v) is 4.14. The molecule has 3 rings (SSSR count). The van der Waals surface area contributed by atoms with Gasteiger partial charge in [-0.05, 0) is 17.5 Å². The van der Waals surface area contributed by atoms with E-state index in [4.69, 9.17) is 0 Å². The first kappa shape index (κ1) is 20.3. The summed E-state index contributed by atoms with van der Waals surface area (Å²) < 4.78 is 0. The Morgan fingerprint density at radius 3 is 2.39 bits per heavy atom. The predicted octanol–water partition coefficient (Wildman–Crippen LogP) is 0.803. The van der Waals surface area contributed by atoms with Crippen LogP contribution in [0, 0.1) is 0 Å². The van der Waals surface area contributed by atoms with Crippen molar-refractivity contribution < 1.29 is 14.4 Å². The maximum atomic E-state index is 12.6. The smallest absolute Gasteiger partial charge is 0.222 e. The standard InChI is InChI=1S/C21H30N4O3/c1-16(26)24-13-11-23(12-14-24)10-8-22-21(28)15-20-19-6-4-3-5-18(19)7-9-25(20)17(2)27/h3-6,20H,7-15H2,1-2H3,(H,22,28). The Balaban J connectivity index is 1.50. The highest BCUT2D eigenvalue weighted by atomic mass is 16.2. The summed E-state index contributed by atoms with van der Waals surface area (Å²) >= 11 is 0. The lowest BCUT2D eigenvalue weighted by Crippen LogP contribution is -2.49. The molecule has 2 aliphatic rings. The molecular formula is C21H30N4O3. The molecule has 0 saturated carbocycles. The highest BCUT2D eigenvalue weighted by Gasteiger charge is 2.30. The minimum atomic E-state index is -0.193. The van der Waals surface area contributed by atoms with Gasteiger partial charge in [0.15, 0.2) is 0 Å². The van der Waals surface area contributed by atoms with Crippen LogP contribution in [0.3, 0.4) is 0 Å². The third-order valence-corrected chi connectivity index (χ3v) is 5.76. The summed E-state index contributed by atoms with van der Waals surface area (Å²) in [5.74, 6) is 0.0988. The molecular weight excluding hydrogens is 356 g/mol. The van der Waals surface area contributed by atoms with E-state index in [1.165, 1.54) is 5.56 Å². The summed E-state index contributed by atoms with van der Waals surface area (Å²) in [7, 11) is 0. The largest absolute Gasteiger partial charge is 0.355 e. The van der Waals surface area contributed by atoms with Gasteiger partial charge in [0.2, 0.25) is 17.7 Å². The first-order valence-corrected chi connectivity index (χ1v) is 10.1. The molecule has 1 aromatic carbocycles. The lowest BCUT2D eigenvalue weighted by molar-refractivity contribution is -0.133. The number of nitrogens with one attached hydrogen (secondary N) is 1. The number of benzene rings is 1. The summed E-state index contributed by atoms with van der Waals surface area (Å²) in [5, 5.41) is 3.00. The molecule has 0 aromatic heterocycles. The van der Waals surface area contributed by atoms with Gasteiger partial charge in [-0.25, -0.2) is 0 Å². The highest BCUT2D eigenvalue weighted by molar-refractivity contribution is 5.79. The molecule has 0 spiro atoms. The molecule has 1 unspecified atom stereocenters. The van der Waals surface area contributed by atoms with Gasteiger partial charge in [-0.2, -0.15) is 0 Å². The Morgan fingerprint density at radius 1 is 1.00 bits per heavy atom. The molecule has 28 heavy (non-hydrogen) atoms. The zero-order valence-electron chi connectivity index (χ0n) is 16.8. The Bertz CT molecular complexity index is 728. The number of carbonyl (C=O) groups is 3. The number of piperazine rings is 1. The summed E-state index contributed by atoms with van der Waals surface area (Å²) in [6.45, 7) is 8.34. The van der Waals surface area contributed by atoms with Crippen LogP contribution in [0.25, 0.3) is 0 Å². The van der Waals surface area contributed by atoms with Crippen LogP contribution >= 0.6 is 0 Å². The minimum Gasteiger partial charge on any atom is -0.355 e. The van der Waals surface area contributed by atoms with E-state index in [1.54, 1.807) is 13.8 Å². The van der Waals surface area contributed by atoms with Gasteiger partial charge in [0.1, 0.15) is 0 Å². The van der Waals surface area contributed by atoms with Crippen LogP contribution in [0.5, 0.6) is 0 Å². The zero-order valence-corrected chi connectivity index (χ0v) is 16.8. The van der Waals surface area contributed by atoms with Gasteiger partial charge in [-0.15, -0.1) is 0 Å². The second kappa shape index (κ2) is 9.19. The number of hydrogen-bond acceptors (Lipinski definition) is 4. The number of amides is 3. The van der Waals surface area contributed by atoms with Gasteiger partial charge in [0.25, 0.3) is 0 Å². The van der Waals surface area contributed by atoms with Crippen molar-refractivity contribution in [2.24, 2.45) is 0 Å². The summed E-state index contributed by atoms with van der Waals surface area (Å²) in [6, 6.07) is 7.88. The molecule has 0 radical (unpaired) electrons. The van der Waals surface area contributed by atoms with Gasteiger partial charge in [0, 0.05) is 59.7 Å². The Kier molecular flexibility index (Phi) is 6.67. The third-order valence-electron chi connectivity index (χ3n) is 5.76. The molecule has 1 fully saturated rings. The van der Waals surface area contributed by atoms with Crippen molar-refractivity contribution in [2.45, 2.75) is 32.7 Å². The minimum absolute atomic E-state index is 0.00986. The van der Waals surface area contributed by atoms with E-state index in [1.807, 2.05) is 28.0 Å². The quantitative estimate of drug-likeness (QED) is 0.813. The lowest BCUT2D eigenvalue weighted by Gasteiger charge is -2.36. The van der Waals surface area contributed by atoms with Crippen molar-refractivity contribution in [3.8, 4) is 0 Å². The fourth-order valence-electron chi connectivity index (χ4n) is 4.14. The van der Waals surface area contributed by atoms with Crippen molar-refractivity contribution in [3.63, 3.8) is 0 Å². The average Bonchev–Trinajstić information content (AvgIpc) is 2.68. The zero-order chi connectivity index (χ0) is 20.1. The van der Waals surface area contributed by atoms with E-state index in [0.717, 1.165) is 44.7 Å². The van der Waals surface area contributed by atoms with Crippen LogP contribution in [0.15, 0.2) is 24.3 Å². The van der Waals surface area contributed by atoms with E-state index >= 15 is 0 Å². The van der Waals surface area contributed by atoms with Crippen molar-refractivity contribution in [1.29, 1.82) is 0 Å². The molecule has 7 nitrogen and oxygen atoms in total. The normalized spacial score (nSPS) is 19.9. The fraction of sp³-hybridized carbons (Fsp3) is 0.571. The maximum absolute atomic E-state index is 12.6. The maximum Gasteiger partial charge on any atom is 0.222 e. The average molecular weight is 386 g/mol. The molecule has 1 N–H and O–H groups in total. The second-order valence-electron chi connectivity index (χ2n) is 7.58. The number of fused-ring (bicyclic) bond motifs is 1. The van der Waals surface area contributed by atoms with Crippen molar-refractivity contribution in [1.82, 2.24) is 20.0 Å². The van der Waals surface area contributed by atoms with Gasteiger partial charge < -0.3 is 15.1 Å². The first-order valence-electron chi connectivity index (χ1n) is 10.1. The van der Waals surface area contributed by atoms with Gasteiger partial charge in [-0.3, -0.25) is 19.3 Å². The van der Waals surface area contributed by atoms with E-state index < -0.39 is 0 Å². The molecule has 1 saturated heterocycles. The third kappa shape index (κ3) is 4.90. The van der Waals surface area contributed by atoms with Gasteiger partial charge in [-0.1, -0.05) is 24.3 Å². The van der Waals surface area contributed by atoms with Gasteiger partial charge in [0.05, 0.1) is 12.5 Å².